The molecule has 1 aliphatic heterocycles. The van der Waals surface area contributed by atoms with Crippen LogP contribution >= 0.6 is 11.6 Å². The molecule has 5 nitrogen and oxygen atoms in total. The van der Waals surface area contributed by atoms with Gasteiger partial charge >= 0.3 is 0 Å². The number of fused-ring (bicyclic) bond motifs is 1. The minimum Gasteiger partial charge on any atom is -0.497 e. The predicted molar refractivity (Wildman–Crippen MR) is 86.6 cm³/mol. The summed E-state index contributed by atoms with van der Waals surface area (Å²) < 4.78 is 15.6. The second-order valence-electron chi connectivity index (χ2n) is 5.03. The zero-order valence-electron chi connectivity index (χ0n) is 12.6. The van der Waals surface area contributed by atoms with E-state index in [-0.39, 0.29) is 12.7 Å². The Bertz CT molecular complexity index is 733. The van der Waals surface area contributed by atoms with Crippen molar-refractivity contribution in [3.8, 4) is 17.2 Å². The summed E-state index contributed by atoms with van der Waals surface area (Å²) >= 11 is 6.18. The Balaban J connectivity index is 1.57. The smallest absolute Gasteiger partial charge is 0.251 e. The van der Waals surface area contributed by atoms with Crippen molar-refractivity contribution in [2.45, 2.75) is 6.42 Å². The van der Waals surface area contributed by atoms with Crippen LogP contribution in [0.2, 0.25) is 5.02 Å². The van der Waals surface area contributed by atoms with Gasteiger partial charge in [0.1, 0.15) is 5.75 Å². The van der Waals surface area contributed by atoms with E-state index in [2.05, 4.69) is 5.32 Å². The molecule has 1 amide bonds. The summed E-state index contributed by atoms with van der Waals surface area (Å²) in [6.45, 7) is 0.676. The normalized spacial score (nSPS) is 12.1. The standard InChI is InChI=1S/C17H16ClNO4/c1-21-13-4-2-11(14(18)9-13)6-7-19-17(20)12-3-5-15-16(8-12)23-10-22-15/h2-5,8-9H,6-7,10H2,1H3,(H,19,20). The third-order valence-electron chi connectivity index (χ3n) is 3.57. The Kier molecular flexibility index (Phi) is 4.57. The van der Waals surface area contributed by atoms with Crippen LogP contribution in [0.25, 0.3) is 0 Å². The molecular weight excluding hydrogens is 318 g/mol. The molecule has 0 saturated carbocycles. The molecule has 0 aromatic heterocycles. The van der Waals surface area contributed by atoms with Crippen LogP contribution in [-0.2, 0) is 6.42 Å². The van der Waals surface area contributed by atoms with Crippen molar-refractivity contribution in [1.29, 1.82) is 0 Å². The largest absolute Gasteiger partial charge is 0.497 e. The molecule has 6 heteroatoms. The van der Waals surface area contributed by atoms with Crippen molar-refractivity contribution in [2.24, 2.45) is 0 Å². The Morgan fingerprint density at radius 3 is 2.83 bits per heavy atom. The van der Waals surface area contributed by atoms with Gasteiger partial charge in [-0.3, -0.25) is 4.79 Å². The molecule has 0 radical (unpaired) electrons. The van der Waals surface area contributed by atoms with Crippen molar-refractivity contribution in [2.75, 3.05) is 20.4 Å². The molecule has 2 aromatic rings. The summed E-state index contributed by atoms with van der Waals surface area (Å²) in [5.74, 6) is 1.80. The fourth-order valence-electron chi connectivity index (χ4n) is 2.31. The Hall–Kier alpha value is -2.40. The third-order valence-corrected chi connectivity index (χ3v) is 3.93. The molecular formula is C17H16ClNO4. The quantitative estimate of drug-likeness (QED) is 0.913. The van der Waals surface area contributed by atoms with Crippen molar-refractivity contribution in [1.82, 2.24) is 5.32 Å². The average Bonchev–Trinajstić information content (AvgIpc) is 3.03. The first kappa shape index (κ1) is 15.5. The van der Waals surface area contributed by atoms with E-state index < -0.39 is 0 Å². The van der Waals surface area contributed by atoms with E-state index in [0.717, 1.165) is 5.56 Å². The van der Waals surface area contributed by atoms with E-state index in [1.807, 2.05) is 12.1 Å². The summed E-state index contributed by atoms with van der Waals surface area (Å²) in [4.78, 5) is 12.2. The fraction of sp³-hybridized carbons (Fsp3) is 0.235. The van der Waals surface area contributed by atoms with Gasteiger partial charge in [-0.2, -0.15) is 0 Å². The fourth-order valence-corrected chi connectivity index (χ4v) is 2.57. The number of hydrogen-bond acceptors (Lipinski definition) is 4. The molecule has 0 saturated heterocycles. The first-order chi connectivity index (χ1) is 11.2. The van der Waals surface area contributed by atoms with E-state index in [4.69, 9.17) is 25.8 Å². The van der Waals surface area contributed by atoms with Crippen LogP contribution in [0, 0.1) is 0 Å². The number of halogens is 1. The molecule has 0 aliphatic carbocycles. The minimum absolute atomic E-state index is 0.159. The van der Waals surface area contributed by atoms with E-state index in [1.165, 1.54) is 0 Å². The molecule has 0 bridgehead atoms. The number of ether oxygens (including phenoxy) is 3. The van der Waals surface area contributed by atoms with Crippen molar-refractivity contribution in [3.63, 3.8) is 0 Å². The lowest BCUT2D eigenvalue weighted by molar-refractivity contribution is 0.0953. The average molecular weight is 334 g/mol. The first-order valence-electron chi connectivity index (χ1n) is 7.17. The molecule has 1 heterocycles. The van der Waals surface area contributed by atoms with E-state index in [0.29, 0.717) is 40.8 Å². The second-order valence-corrected chi connectivity index (χ2v) is 5.44. The lowest BCUT2D eigenvalue weighted by Crippen LogP contribution is -2.25. The van der Waals surface area contributed by atoms with Crippen LogP contribution in [0.1, 0.15) is 15.9 Å². The van der Waals surface area contributed by atoms with Gasteiger partial charge in [-0.1, -0.05) is 17.7 Å². The first-order valence-corrected chi connectivity index (χ1v) is 7.55. The van der Waals surface area contributed by atoms with Gasteiger partial charge in [0.05, 0.1) is 7.11 Å². The molecule has 0 fully saturated rings. The zero-order chi connectivity index (χ0) is 16.2. The maximum absolute atomic E-state index is 12.2. The number of amides is 1. The number of methoxy groups -OCH3 is 1. The number of rotatable bonds is 5. The SMILES string of the molecule is COc1ccc(CCNC(=O)c2ccc3c(c2)OCO3)c(Cl)c1. The highest BCUT2D eigenvalue weighted by atomic mass is 35.5. The maximum atomic E-state index is 12.2. The number of nitrogens with one attached hydrogen (secondary N) is 1. The molecule has 23 heavy (non-hydrogen) atoms. The van der Waals surface area contributed by atoms with Gasteiger partial charge in [0.25, 0.3) is 5.91 Å². The van der Waals surface area contributed by atoms with Crippen LogP contribution < -0.4 is 19.5 Å². The molecule has 0 unspecified atom stereocenters. The highest BCUT2D eigenvalue weighted by Crippen LogP contribution is 2.32. The number of carbonyl (C=O) groups is 1. The van der Waals surface area contributed by atoms with Crippen LogP contribution in [0.4, 0.5) is 0 Å². The van der Waals surface area contributed by atoms with Gasteiger partial charge in [0.15, 0.2) is 11.5 Å². The van der Waals surface area contributed by atoms with Crippen LogP contribution in [-0.4, -0.2) is 26.4 Å². The topological polar surface area (TPSA) is 56.8 Å². The molecule has 3 rings (SSSR count). The van der Waals surface area contributed by atoms with Gasteiger partial charge in [0, 0.05) is 17.1 Å². The third kappa shape index (κ3) is 3.51. The second kappa shape index (κ2) is 6.79. The predicted octanol–water partition coefficient (Wildman–Crippen LogP) is 3.05. The van der Waals surface area contributed by atoms with E-state index in [1.54, 1.807) is 31.4 Å². The highest BCUT2D eigenvalue weighted by molar-refractivity contribution is 6.31. The van der Waals surface area contributed by atoms with Crippen LogP contribution in [0.15, 0.2) is 36.4 Å². The molecule has 2 aromatic carbocycles. The van der Waals surface area contributed by atoms with Gasteiger partial charge < -0.3 is 19.5 Å². The summed E-state index contributed by atoms with van der Waals surface area (Å²) in [5.41, 5.74) is 1.49. The van der Waals surface area contributed by atoms with Gasteiger partial charge in [-0.05, 0) is 42.3 Å². The monoisotopic (exact) mass is 333 g/mol. The van der Waals surface area contributed by atoms with Crippen LogP contribution in [0.3, 0.4) is 0 Å². The van der Waals surface area contributed by atoms with Crippen molar-refractivity contribution >= 4 is 17.5 Å². The number of carbonyl (C=O) groups excluding carboxylic acids is 1. The molecule has 0 spiro atoms. The summed E-state index contributed by atoms with van der Waals surface area (Å²) in [7, 11) is 1.59. The van der Waals surface area contributed by atoms with Crippen LogP contribution in [0.5, 0.6) is 17.2 Å². The zero-order valence-corrected chi connectivity index (χ0v) is 13.4. The van der Waals surface area contributed by atoms with E-state index in [9.17, 15) is 4.79 Å². The minimum atomic E-state index is -0.159. The Morgan fingerprint density at radius 2 is 2.04 bits per heavy atom. The molecule has 1 aliphatic rings. The molecule has 120 valence electrons. The summed E-state index contributed by atoms with van der Waals surface area (Å²) in [6.07, 6.45) is 0.638. The maximum Gasteiger partial charge on any atom is 0.251 e. The highest BCUT2D eigenvalue weighted by Gasteiger charge is 2.16. The van der Waals surface area contributed by atoms with E-state index >= 15 is 0 Å². The Morgan fingerprint density at radius 1 is 1.22 bits per heavy atom. The van der Waals surface area contributed by atoms with Gasteiger partial charge in [0.2, 0.25) is 6.79 Å². The number of hydrogen-bond donors (Lipinski definition) is 1. The number of benzene rings is 2. The molecule has 1 N–H and O–H groups in total. The lowest BCUT2D eigenvalue weighted by atomic mass is 10.1. The molecule has 0 atom stereocenters. The Labute approximate surface area is 139 Å². The summed E-state index contributed by atoms with van der Waals surface area (Å²) in [6, 6.07) is 10.6. The van der Waals surface area contributed by atoms with Crippen molar-refractivity contribution in [3.05, 3.63) is 52.5 Å². The van der Waals surface area contributed by atoms with Crippen molar-refractivity contribution < 1.29 is 19.0 Å². The van der Waals surface area contributed by atoms with Gasteiger partial charge in [-0.15, -0.1) is 0 Å². The lowest BCUT2D eigenvalue weighted by Gasteiger charge is -2.08. The summed E-state index contributed by atoms with van der Waals surface area (Å²) in [5, 5.41) is 3.50. The van der Waals surface area contributed by atoms with Gasteiger partial charge in [-0.25, -0.2) is 0 Å².